The highest BCUT2D eigenvalue weighted by Crippen LogP contribution is 2.32. The van der Waals surface area contributed by atoms with E-state index in [9.17, 15) is 4.79 Å². The number of nitrogens with one attached hydrogen (secondary N) is 1. The summed E-state index contributed by atoms with van der Waals surface area (Å²) >= 11 is 1.36. The van der Waals surface area contributed by atoms with Crippen LogP contribution >= 0.6 is 11.3 Å². The number of hydrogen-bond acceptors (Lipinski definition) is 5. The number of H-pyrrole nitrogens is 1. The molecule has 2 aromatic heterocycles. The molecule has 2 N–H and O–H groups in total. The van der Waals surface area contributed by atoms with Crippen LogP contribution < -0.4 is 0 Å². The Morgan fingerprint density at radius 1 is 1.60 bits per heavy atom. The molecule has 1 fully saturated rings. The Hall–Kier alpha value is -1.73. The lowest BCUT2D eigenvalue weighted by molar-refractivity contribution is 0.0737. The highest BCUT2D eigenvalue weighted by Gasteiger charge is 2.32. The first-order valence-electron chi connectivity index (χ1n) is 6.64. The minimum absolute atomic E-state index is 0.0216. The second kappa shape index (κ2) is 5.72. The van der Waals surface area contributed by atoms with Gasteiger partial charge in [-0.3, -0.25) is 14.9 Å². The number of aliphatic hydroxyl groups excluding tert-OH is 1. The summed E-state index contributed by atoms with van der Waals surface area (Å²) in [4.78, 5) is 18.9. The number of likely N-dealkylation sites (tertiary alicyclic amines) is 1. The van der Waals surface area contributed by atoms with Crippen LogP contribution in [0.3, 0.4) is 0 Å². The van der Waals surface area contributed by atoms with Gasteiger partial charge in [0.2, 0.25) is 0 Å². The first-order chi connectivity index (χ1) is 9.79. The van der Waals surface area contributed by atoms with Crippen molar-refractivity contribution in [3.63, 3.8) is 0 Å². The third kappa shape index (κ3) is 2.46. The lowest BCUT2D eigenvalue weighted by Gasteiger charge is -2.22. The number of rotatable bonds is 4. The highest BCUT2D eigenvalue weighted by atomic mass is 32.1. The molecule has 3 heterocycles. The van der Waals surface area contributed by atoms with Gasteiger partial charge >= 0.3 is 0 Å². The Kier molecular flexibility index (Phi) is 3.79. The molecular formula is C13H16N4O2S. The summed E-state index contributed by atoms with van der Waals surface area (Å²) in [6.07, 6.45) is 4.08. The van der Waals surface area contributed by atoms with Gasteiger partial charge in [-0.2, -0.15) is 5.10 Å². The Labute approximate surface area is 120 Å². The van der Waals surface area contributed by atoms with E-state index < -0.39 is 0 Å². The normalized spacial score (nSPS) is 18.6. The standard InChI is InChI=1S/C13H16N4O2S/c18-5-3-9-6-10(16-15-9)11-2-1-4-17(11)13(19)12-7-14-8-20-12/h6-8,11,18H,1-5H2,(H,15,16). The van der Waals surface area contributed by atoms with E-state index in [-0.39, 0.29) is 18.6 Å². The molecule has 3 rings (SSSR count). The van der Waals surface area contributed by atoms with Crippen molar-refractivity contribution in [2.24, 2.45) is 0 Å². The Morgan fingerprint density at radius 3 is 3.25 bits per heavy atom. The fraction of sp³-hybridized carbons (Fsp3) is 0.462. The maximum atomic E-state index is 12.4. The van der Waals surface area contributed by atoms with Gasteiger partial charge in [-0.1, -0.05) is 0 Å². The molecular weight excluding hydrogens is 276 g/mol. The zero-order chi connectivity index (χ0) is 13.9. The first-order valence-corrected chi connectivity index (χ1v) is 7.52. The summed E-state index contributed by atoms with van der Waals surface area (Å²) < 4.78 is 0. The summed E-state index contributed by atoms with van der Waals surface area (Å²) in [6, 6.07) is 1.97. The predicted molar refractivity (Wildman–Crippen MR) is 74.5 cm³/mol. The van der Waals surface area contributed by atoms with Crippen LogP contribution in [0.5, 0.6) is 0 Å². The molecule has 106 valence electrons. The zero-order valence-electron chi connectivity index (χ0n) is 11.0. The van der Waals surface area contributed by atoms with E-state index in [4.69, 9.17) is 5.11 Å². The van der Waals surface area contributed by atoms with Crippen molar-refractivity contribution in [2.75, 3.05) is 13.2 Å². The molecule has 0 aromatic carbocycles. The fourth-order valence-electron chi connectivity index (χ4n) is 2.58. The van der Waals surface area contributed by atoms with Crippen LogP contribution in [0.2, 0.25) is 0 Å². The van der Waals surface area contributed by atoms with Gasteiger partial charge in [-0.05, 0) is 18.9 Å². The second-order valence-electron chi connectivity index (χ2n) is 4.81. The van der Waals surface area contributed by atoms with E-state index in [1.54, 1.807) is 11.7 Å². The van der Waals surface area contributed by atoms with E-state index >= 15 is 0 Å². The lowest BCUT2D eigenvalue weighted by Crippen LogP contribution is -2.30. The molecule has 1 atom stereocenters. The van der Waals surface area contributed by atoms with E-state index in [0.717, 1.165) is 30.8 Å². The molecule has 1 aliphatic heterocycles. The molecule has 0 radical (unpaired) electrons. The van der Waals surface area contributed by atoms with Crippen molar-refractivity contribution in [1.29, 1.82) is 0 Å². The van der Waals surface area contributed by atoms with E-state index in [0.29, 0.717) is 11.3 Å². The number of aliphatic hydroxyl groups is 1. The topological polar surface area (TPSA) is 82.1 Å². The van der Waals surface area contributed by atoms with Crippen molar-refractivity contribution in [3.8, 4) is 0 Å². The molecule has 0 bridgehead atoms. The van der Waals surface area contributed by atoms with Gasteiger partial charge in [0.25, 0.3) is 5.91 Å². The molecule has 6 nitrogen and oxygen atoms in total. The average Bonchev–Trinajstić information content (AvgIpc) is 3.19. The van der Waals surface area contributed by atoms with Gasteiger partial charge in [-0.25, -0.2) is 0 Å². The molecule has 1 amide bonds. The van der Waals surface area contributed by atoms with Gasteiger partial charge in [-0.15, -0.1) is 11.3 Å². The summed E-state index contributed by atoms with van der Waals surface area (Å²) in [5.41, 5.74) is 3.45. The molecule has 0 aliphatic carbocycles. The minimum Gasteiger partial charge on any atom is -0.396 e. The summed E-state index contributed by atoms with van der Waals surface area (Å²) in [6.45, 7) is 0.847. The van der Waals surface area contributed by atoms with Gasteiger partial charge in [0.05, 0.1) is 23.4 Å². The molecule has 0 saturated carbocycles. The van der Waals surface area contributed by atoms with E-state index in [1.165, 1.54) is 11.3 Å². The number of carbonyl (C=O) groups excluding carboxylic acids is 1. The Morgan fingerprint density at radius 2 is 2.50 bits per heavy atom. The number of thiazole rings is 1. The second-order valence-corrected chi connectivity index (χ2v) is 5.70. The molecule has 1 saturated heterocycles. The molecule has 2 aromatic rings. The van der Waals surface area contributed by atoms with E-state index in [1.807, 2.05) is 11.0 Å². The summed E-state index contributed by atoms with van der Waals surface area (Å²) in [7, 11) is 0. The Bertz CT molecular complexity index is 581. The van der Waals surface area contributed by atoms with Crippen LogP contribution in [-0.2, 0) is 6.42 Å². The van der Waals surface area contributed by atoms with Crippen molar-refractivity contribution < 1.29 is 9.90 Å². The van der Waals surface area contributed by atoms with Crippen LogP contribution in [0.25, 0.3) is 0 Å². The number of carbonyl (C=O) groups is 1. The third-order valence-corrected chi connectivity index (χ3v) is 4.29. The molecule has 0 spiro atoms. The predicted octanol–water partition coefficient (Wildman–Crippen LogP) is 1.38. The average molecular weight is 292 g/mol. The first kappa shape index (κ1) is 13.3. The van der Waals surface area contributed by atoms with Crippen LogP contribution in [-0.4, -0.2) is 44.2 Å². The smallest absolute Gasteiger partial charge is 0.266 e. The van der Waals surface area contributed by atoms with E-state index in [2.05, 4.69) is 15.2 Å². The number of hydrogen-bond donors (Lipinski definition) is 2. The molecule has 1 unspecified atom stereocenters. The van der Waals surface area contributed by atoms with Crippen LogP contribution in [0.15, 0.2) is 17.8 Å². The number of amides is 1. The monoisotopic (exact) mass is 292 g/mol. The highest BCUT2D eigenvalue weighted by molar-refractivity contribution is 7.11. The Balaban J connectivity index is 1.79. The van der Waals surface area contributed by atoms with Crippen LogP contribution in [0.1, 0.15) is 39.9 Å². The number of aromatic amines is 1. The van der Waals surface area contributed by atoms with Gasteiger partial charge in [0.1, 0.15) is 4.88 Å². The number of nitrogens with zero attached hydrogens (tertiary/aromatic N) is 3. The lowest BCUT2D eigenvalue weighted by atomic mass is 10.1. The van der Waals surface area contributed by atoms with Gasteiger partial charge in [0.15, 0.2) is 0 Å². The quantitative estimate of drug-likeness (QED) is 0.892. The molecule has 7 heteroatoms. The zero-order valence-corrected chi connectivity index (χ0v) is 11.8. The van der Waals surface area contributed by atoms with Crippen molar-refractivity contribution >= 4 is 17.2 Å². The summed E-state index contributed by atoms with van der Waals surface area (Å²) in [5, 5.41) is 16.2. The maximum absolute atomic E-state index is 12.4. The van der Waals surface area contributed by atoms with Gasteiger partial charge < -0.3 is 10.0 Å². The fourth-order valence-corrected chi connectivity index (χ4v) is 3.15. The molecule has 20 heavy (non-hydrogen) atoms. The van der Waals surface area contributed by atoms with Crippen molar-refractivity contribution in [3.05, 3.63) is 34.0 Å². The molecule has 1 aliphatic rings. The largest absolute Gasteiger partial charge is 0.396 e. The van der Waals surface area contributed by atoms with Gasteiger partial charge in [0, 0.05) is 25.3 Å². The minimum atomic E-state index is 0.0216. The van der Waals surface area contributed by atoms with Crippen LogP contribution in [0, 0.1) is 0 Å². The maximum Gasteiger partial charge on any atom is 0.266 e. The third-order valence-electron chi connectivity index (χ3n) is 3.53. The van der Waals surface area contributed by atoms with Crippen molar-refractivity contribution in [2.45, 2.75) is 25.3 Å². The summed E-state index contributed by atoms with van der Waals surface area (Å²) in [5.74, 6) is 0.0294. The number of aromatic nitrogens is 3. The van der Waals surface area contributed by atoms with Crippen LogP contribution in [0.4, 0.5) is 0 Å². The SMILES string of the molecule is O=C(c1cncs1)N1CCCC1c1cc(CCO)[nH]n1. The van der Waals surface area contributed by atoms with Crippen molar-refractivity contribution in [1.82, 2.24) is 20.1 Å².